The zero-order chi connectivity index (χ0) is 18.0. The van der Waals surface area contributed by atoms with E-state index in [1.807, 2.05) is 21.9 Å². The third-order valence-corrected chi connectivity index (χ3v) is 6.90. The zero-order valence-electron chi connectivity index (χ0n) is 14.9. The van der Waals surface area contributed by atoms with E-state index in [4.69, 9.17) is 0 Å². The summed E-state index contributed by atoms with van der Waals surface area (Å²) in [7, 11) is -0.279. The van der Waals surface area contributed by atoms with Crippen molar-refractivity contribution in [3.05, 3.63) is 35.4 Å². The summed E-state index contributed by atoms with van der Waals surface area (Å²) in [6, 6.07) is 8.26. The molecule has 0 N–H and O–H groups in total. The number of fused-ring (bicyclic) bond motifs is 1. The van der Waals surface area contributed by atoms with E-state index in [2.05, 4.69) is 12.1 Å². The minimum Gasteiger partial charge on any atom is -0.337 e. The summed E-state index contributed by atoms with van der Waals surface area (Å²) in [5.41, 5.74) is 2.55. The van der Waals surface area contributed by atoms with Crippen LogP contribution in [-0.2, 0) is 28.0 Å². The van der Waals surface area contributed by atoms with Crippen molar-refractivity contribution in [3.8, 4) is 0 Å². The first-order valence-corrected chi connectivity index (χ1v) is 10.0. The van der Waals surface area contributed by atoms with Crippen molar-refractivity contribution in [1.29, 1.82) is 0 Å². The van der Waals surface area contributed by atoms with E-state index in [9.17, 15) is 13.2 Å². The molecule has 138 valence electrons. The minimum atomic E-state index is -3.36. The maximum absolute atomic E-state index is 12.6. The molecule has 1 fully saturated rings. The second kappa shape index (κ2) is 7.41. The van der Waals surface area contributed by atoms with E-state index >= 15 is 0 Å². The SMILES string of the molecule is CN(C)S(=O)(=O)N1CCN(CC(=O)N2CCc3ccccc3C2)CC1. The van der Waals surface area contributed by atoms with Crippen molar-refractivity contribution >= 4 is 16.1 Å². The Kier molecular flexibility index (Phi) is 5.43. The molecule has 25 heavy (non-hydrogen) atoms. The summed E-state index contributed by atoms with van der Waals surface area (Å²) < 4.78 is 27.0. The van der Waals surface area contributed by atoms with Gasteiger partial charge in [0.05, 0.1) is 6.54 Å². The van der Waals surface area contributed by atoms with E-state index < -0.39 is 10.2 Å². The normalized spacial score (nSPS) is 19.9. The van der Waals surface area contributed by atoms with Gasteiger partial charge in [-0.15, -0.1) is 0 Å². The van der Waals surface area contributed by atoms with Gasteiger partial charge in [-0.05, 0) is 17.5 Å². The zero-order valence-corrected chi connectivity index (χ0v) is 15.7. The highest BCUT2D eigenvalue weighted by atomic mass is 32.2. The summed E-state index contributed by atoms with van der Waals surface area (Å²) in [6.45, 7) is 3.81. The number of rotatable bonds is 4. The molecular weight excluding hydrogens is 340 g/mol. The van der Waals surface area contributed by atoms with Crippen molar-refractivity contribution in [1.82, 2.24) is 18.4 Å². The number of carbonyl (C=O) groups excluding carboxylic acids is 1. The van der Waals surface area contributed by atoms with Gasteiger partial charge in [0.1, 0.15) is 0 Å². The van der Waals surface area contributed by atoms with E-state index in [0.717, 1.165) is 13.0 Å². The van der Waals surface area contributed by atoms with Gasteiger partial charge in [-0.25, -0.2) is 0 Å². The Hall–Kier alpha value is -1.48. The molecule has 0 bridgehead atoms. The van der Waals surface area contributed by atoms with Crippen LogP contribution in [0.25, 0.3) is 0 Å². The van der Waals surface area contributed by atoms with Gasteiger partial charge in [0.15, 0.2) is 0 Å². The number of amides is 1. The lowest BCUT2D eigenvalue weighted by atomic mass is 10.00. The van der Waals surface area contributed by atoms with Crippen molar-refractivity contribution in [2.75, 3.05) is 53.4 Å². The van der Waals surface area contributed by atoms with Crippen molar-refractivity contribution in [3.63, 3.8) is 0 Å². The predicted molar refractivity (Wildman–Crippen MR) is 96.2 cm³/mol. The lowest BCUT2D eigenvalue weighted by Crippen LogP contribution is -2.53. The van der Waals surface area contributed by atoms with Gasteiger partial charge in [-0.3, -0.25) is 9.69 Å². The molecule has 1 saturated heterocycles. The number of benzene rings is 1. The van der Waals surface area contributed by atoms with Gasteiger partial charge in [0.25, 0.3) is 10.2 Å². The first kappa shape index (κ1) is 18.3. The second-order valence-corrected chi connectivity index (χ2v) is 8.94. The quantitative estimate of drug-likeness (QED) is 0.752. The Morgan fingerprint density at radius 3 is 2.32 bits per heavy atom. The average Bonchev–Trinajstić information content (AvgIpc) is 2.61. The van der Waals surface area contributed by atoms with Gasteiger partial charge in [-0.2, -0.15) is 17.0 Å². The topological polar surface area (TPSA) is 64.2 Å². The Balaban J connectivity index is 1.52. The average molecular weight is 366 g/mol. The molecule has 2 aliphatic rings. The van der Waals surface area contributed by atoms with Gasteiger partial charge in [-0.1, -0.05) is 24.3 Å². The van der Waals surface area contributed by atoms with Crippen LogP contribution in [0.4, 0.5) is 0 Å². The molecule has 0 unspecified atom stereocenters. The molecule has 0 atom stereocenters. The first-order chi connectivity index (χ1) is 11.9. The predicted octanol–water partition coefficient (Wildman–Crippen LogP) is -0.00470. The summed E-state index contributed by atoms with van der Waals surface area (Å²) >= 11 is 0. The largest absolute Gasteiger partial charge is 0.337 e. The smallest absolute Gasteiger partial charge is 0.281 e. The van der Waals surface area contributed by atoms with Gasteiger partial charge < -0.3 is 4.90 Å². The monoisotopic (exact) mass is 366 g/mol. The number of carbonyl (C=O) groups is 1. The third-order valence-electron chi connectivity index (χ3n) is 4.96. The fourth-order valence-electron chi connectivity index (χ4n) is 3.35. The summed E-state index contributed by atoms with van der Waals surface area (Å²) in [5.74, 6) is 0.124. The Labute approximate surface area is 150 Å². The maximum Gasteiger partial charge on any atom is 0.281 e. The Morgan fingerprint density at radius 2 is 1.68 bits per heavy atom. The van der Waals surface area contributed by atoms with Crippen LogP contribution in [0.3, 0.4) is 0 Å². The standard InChI is InChI=1S/C17H26N4O3S/c1-18(2)25(23,24)21-11-9-19(10-12-21)14-17(22)20-8-7-15-5-3-4-6-16(15)13-20/h3-6H,7-14H2,1-2H3. The van der Waals surface area contributed by atoms with E-state index in [0.29, 0.717) is 39.3 Å². The van der Waals surface area contributed by atoms with E-state index in [1.165, 1.54) is 19.7 Å². The molecule has 0 aliphatic carbocycles. The lowest BCUT2D eigenvalue weighted by molar-refractivity contribution is -0.133. The molecule has 0 aromatic heterocycles. The van der Waals surface area contributed by atoms with Crippen LogP contribution in [-0.4, -0.2) is 86.1 Å². The number of nitrogens with zero attached hydrogens (tertiary/aromatic N) is 4. The third kappa shape index (κ3) is 4.03. The molecule has 2 aliphatic heterocycles. The fraction of sp³-hybridized carbons (Fsp3) is 0.588. The number of hydrogen-bond acceptors (Lipinski definition) is 4. The fourth-order valence-corrected chi connectivity index (χ4v) is 4.44. The minimum absolute atomic E-state index is 0.124. The molecule has 2 heterocycles. The first-order valence-electron chi connectivity index (χ1n) is 8.62. The number of piperazine rings is 1. The molecule has 0 saturated carbocycles. The van der Waals surface area contributed by atoms with Crippen LogP contribution < -0.4 is 0 Å². The van der Waals surface area contributed by atoms with Crippen LogP contribution in [0.2, 0.25) is 0 Å². The molecule has 3 rings (SSSR count). The molecular formula is C17H26N4O3S. The van der Waals surface area contributed by atoms with Crippen molar-refractivity contribution in [2.24, 2.45) is 0 Å². The molecule has 1 aromatic rings. The van der Waals surface area contributed by atoms with E-state index in [-0.39, 0.29) is 5.91 Å². The Bertz CT molecular complexity index is 727. The number of hydrogen-bond donors (Lipinski definition) is 0. The van der Waals surface area contributed by atoms with Crippen LogP contribution in [0.5, 0.6) is 0 Å². The molecule has 7 nitrogen and oxygen atoms in total. The summed E-state index contributed by atoms with van der Waals surface area (Å²) in [4.78, 5) is 16.6. The van der Waals surface area contributed by atoms with E-state index in [1.54, 1.807) is 14.1 Å². The van der Waals surface area contributed by atoms with Gasteiger partial charge >= 0.3 is 0 Å². The molecule has 1 amide bonds. The highest BCUT2D eigenvalue weighted by molar-refractivity contribution is 7.86. The second-order valence-electron chi connectivity index (χ2n) is 6.80. The van der Waals surface area contributed by atoms with Crippen molar-refractivity contribution < 1.29 is 13.2 Å². The summed E-state index contributed by atoms with van der Waals surface area (Å²) in [5, 5.41) is 0. The lowest BCUT2D eigenvalue weighted by Gasteiger charge is -2.36. The Morgan fingerprint density at radius 1 is 1.04 bits per heavy atom. The highest BCUT2D eigenvalue weighted by Gasteiger charge is 2.30. The van der Waals surface area contributed by atoms with Crippen LogP contribution in [0, 0.1) is 0 Å². The molecule has 8 heteroatoms. The van der Waals surface area contributed by atoms with Gasteiger partial charge in [0.2, 0.25) is 5.91 Å². The van der Waals surface area contributed by atoms with Crippen molar-refractivity contribution in [2.45, 2.75) is 13.0 Å². The maximum atomic E-state index is 12.6. The van der Waals surface area contributed by atoms with Crippen LogP contribution >= 0.6 is 0 Å². The highest BCUT2D eigenvalue weighted by Crippen LogP contribution is 2.19. The molecule has 0 radical (unpaired) electrons. The van der Waals surface area contributed by atoms with Crippen LogP contribution in [0.1, 0.15) is 11.1 Å². The summed E-state index contributed by atoms with van der Waals surface area (Å²) in [6.07, 6.45) is 0.900. The molecule has 1 aromatic carbocycles. The van der Waals surface area contributed by atoms with Gasteiger partial charge in [0, 0.05) is 53.4 Å². The van der Waals surface area contributed by atoms with Crippen LogP contribution in [0.15, 0.2) is 24.3 Å². The molecule has 0 spiro atoms.